The van der Waals surface area contributed by atoms with Crippen molar-refractivity contribution in [3.8, 4) is 0 Å². The van der Waals surface area contributed by atoms with Crippen LogP contribution < -0.4 is 22.1 Å². The van der Waals surface area contributed by atoms with Gasteiger partial charge in [0.2, 0.25) is 23.6 Å². The number of benzene rings is 1. The number of thiol groups is 1. The van der Waals surface area contributed by atoms with Crippen LogP contribution in [0.1, 0.15) is 31.2 Å². The Labute approximate surface area is 218 Å². The highest BCUT2D eigenvalue weighted by Crippen LogP contribution is 2.21. The summed E-state index contributed by atoms with van der Waals surface area (Å²) in [7, 11) is 0. The van der Waals surface area contributed by atoms with Crippen LogP contribution in [0.25, 0.3) is 10.9 Å². The van der Waals surface area contributed by atoms with E-state index >= 15 is 0 Å². The Morgan fingerprint density at radius 3 is 2.51 bits per heavy atom. The minimum absolute atomic E-state index is 0.00583. The van der Waals surface area contributed by atoms with Crippen molar-refractivity contribution in [1.82, 2.24) is 20.5 Å². The molecule has 2 aromatic rings. The number of para-hydroxylation sites is 1. The van der Waals surface area contributed by atoms with Gasteiger partial charge in [-0.15, -0.1) is 0 Å². The van der Waals surface area contributed by atoms with Gasteiger partial charge in [-0.2, -0.15) is 12.6 Å². The standard InChI is InChI=1S/C24H32N6O6S/c25-15(7-8-20(26)31)21(32)28-17(10-13-11-27-16-5-2-1-4-14(13)16)22(33)29-18(12-37)23(34)30-9-3-6-19(30)24(35)36/h1-2,4-5,11,15,17-19,27,37H,3,6-10,12,25H2,(H2,26,31)(H,28,32)(H,29,33)(H,35,36). The third kappa shape index (κ3) is 7.01. The Kier molecular flexibility index (Phi) is 9.53. The lowest BCUT2D eigenvalue weighted by Crippen LogP contribution is -2.58. The molecule has 0 spiro atoms. The number of nitrogens with one attached hydrogen (secondary N) is 3. The van der Waals surface area contributed by atoms with Crippen molar-refractivity contribution in [3.05, 3.63) is 36.0 Å². The second kappa shape index (κ2) is 12.6. The highest BCUT2D eigenvalue weighted by molar-refractivity contribution is 7.80. The summed E-state index contributed by atoms with van der Waals surface area (Å²) in [5, 5.41) is 15.5. The van der Waals surface area contributed by atoms with Gasteiger partial charge in [0.15, 0.2) is 0 Å². The summed E-state index contributed by atoms with van der Waals surface area (Å²) >= 11 is 4.19. The number of fused-ring (bicyclic) bond motifs is 1. The number of nitrogens with two attached hydrogens (primary N) is 2. The smallest absolute Gasteiger partial charge is 0.326 e. The molecule has 1 aliphatic heterocycles. The first-order valence-corrected chi connectivity index (χ1v) is 12.6. The SMILES string of the molecule is NC(=O)CCC(N)C(=O)NC(Cc1c[nH]c2ccccc12)C(=O)NC(CS)C(=O)N1CCCC1C(=O)O. The maximum Gasteiger partial charge on any atom is 0.326 e. The summed E-state index contributed by atoms with van der Waals surface area (Å²) in [5.41, 5.74) is 12.6. The molecule has 1 aromatic carbocycles. The first-order valence-electron chi connectivity index (χ1n) is 12.0. The zero-order valence-corrected chi connectivity index (χ0v) is 21.1. The van der Waals surface area contributed by atoms with Crippen LogP contribution in [0.5, 0.6) is 0 Å². The van der Waals surface area contributed by atoms with Crippen LogP contribution in [0.4, 0.5) is 0 Å². The van der Waals surface area contributed by atoms with Crippen LogP contribution in [-0.2, 0) is 30.4 Å². The molecule has 1 aliphatic rings. The van der Waals surface area contributed by atoms with Crippen molar-refractivity contribution >= 4 is 53.1 Å². The Hall–Kier alpha value is -3.58. The summed E-state index contributed by atoms with van der Waals surface area (Å²) in [6.45, 7) is 0.264. The second-order valence-electron chi connectivity index (χ2n) is 9.01. The van der Waals surface area contributed by atoms with Crippen molar-refractivity contribution in [2.24, 2.45) is 11.5 Å². The predicted molar refractivity (Wildman–Crippen MR) is 138 cm³/mol. The van der Waals surface area contributed by atoms with E-state index in [1.54, 1.807) is 6.20 Å². The molecule has 0 radical (unpaired) electrons. The maximum absolute atomic E-state index is 13.4. The number of likely N-dealkylation sites (tertiary alicyclic amines) is 1. The molecule has 0 saturated carbocycles. The van der Waals surface area contributed by atoms with E-state index in [-0.39, 0.29) is 31.6 Å². The molecule has 3 rings (SSSR count). The summed E-state index contributed by atoms with van der Waals surface area (Å²) in [4.78, 5) is 66.1. The zero-order chi connectivity index (χ0) is 27.1. The summed E-state index contributed by atoms with van der Waals surface area (Å²) in [5.74, 6) is -3.64. The van der Waals surface area contributed by atoms with Gasteiger partial charge in [0.05, 0.1) is 6.04 Å². The fraction of sp³-hybridized carbons (Fsp3) is 0.458. The second-order valence-corrected chi connectivity index (χ2v) is 9.37. The number of primary amides is 1. The number of carbonyl (C=O) groups is 5. The lowest BCUT2D eigenvalue weighted by atomic mass is 10.0. The van der Waals surface area contributed by atoms with E-state index in [4.69, 9.17) is 11.5 Å². The number of carboxylic acid groups (broad SMARTS) is 1. The van der Waals surface area contributed by atoms with Gasteiger partial charge in [0, 0.05) is 42.2 Å². The fourth-order valence-electron chi connectivity index (χ4n) is 4.38. The third-order valence-electron chi connectivity index (χ3n) is 6.39. The van der Waals surface area contributed by atoms with Crippen molar-refractivity contribution in [2.45, 2.75) is 56.3 Å². The van der Waals surface area contributed by atoms with Crippen molar-refractivity contribution < 1.29 is 29.1 Å². The van der Waals surface area contributed by atoms with Crippen LogP contribution in [0.15, 0.2) is 30.5 Å². The number of amides is 4. The van der Waals surface area contributed by atoms with Crippen LogP contribution in [0.3, 0.4) is 0 Å². The molecule has 200 valence electrons. The molecule has 0 aliphatic carbocycles. The third-order valence-corrected chi connectivity index (χ3v) is 6.75. The summed E-state index contributed by atoms with van der Waals surface area (Å²) in [6.07, 6.45) is 2.60. The van der Waals surface area contributed by atoms with Gasteiger partial charge in [-0.3, -0.25) is 19.2 Å². The summed E-state index contributed by atoms with van der Waals surface area (Å²) in [6, 6.07) is 3.20. The van der Waals surface area contributed by atoms with Gasteiger partial charge in [0.25, 0.3) is 0 Å². The number of hydrogen-bond donors (Lipinski definition) is 7. The highest BCUT2D eigenvalue weighted by Gasteiger charge is 2.38. The number of hydrogen-bond acceptors (Lipinski definition) is 7. The number of aromatic amines is 1. The Morgan fingerprint density at radius 1 is 1.14 bits per heavy atom. The molecular weight excluding hydrogens is 500 g/mol. The molecule has 13 heteroatoms. The molecule has 1 aromatic heterocycles. The molecule has 1 fully saturated rings. The Balaban J connectivity index is 1.79. The molecular formula is C24H32N6O6S. The van der Waals surface area contributed by atoms with Gasteiger partial charge < -0.3 is 37.1 Å². The van der Waals surface area contributed by atoms with Gasteiger partial charge >= 0.3 is 5.97 Å². The molecule has 2 heterocycles. The fourth-order valence-corrected chi connectivity index (χ4v) is 4.63. The minimum atomic E-state index is -1.12. The molecule has 12 nitrogen and oxygen atoms in total. The van der Waals surface area contributed by atoms with Crippen molar-refractivity contribution in [2.75, 3.05) is 12.3 Å². The van der Waals surface area contributed by atoms with Gasteiger partial charge in [-0.1, -0.05) is 18.2 Å². The minimum Gasteiger partial charge on any atom is -0.480 e. The van der Waals surface area contributed by atoms with E-state index in [2.05, 4.69) is 28.2 Å². The number of carbonyl (C=O) groups excluding carboxylic acids is 4. The summed E-state index contributed by atoms with van der Waals surface area (Å²) < 4.78 is 0. The Bertz CT molecular complexity index is 1170. The average molecular weight is 533 g/mol. The van der Waals surface area contributed by atoms with Crippen LogP contribution in [-0.4, -0.2) is 81.1 Å². The number of nitrogens with zero attached hydrogens (tertiary/aromatic N) is 1. The molecule has 4 atom stereocenters. The molecule has 37 heavy (non-hydrogen) atoms. The lowest BCUT2D eigenvalue weighted by molar-refractivity contribution is -0.149. The van der Waals surface area contributed by atoms with Crippen LogP contribution in [0.2, 0.25) is 0 Å². The van der Waals surface area contributed by atoms with Gasteiger partial charge in [-0.05, 0) is 30.9 Å². The van der Waals surface area contributed by atoms with Crippen LogP contribution >= 0.6 is 12.6 Å². The first kappa shape index (κ1) is 28.0. The zero-order valence-electron chi connectivity index (χ0n) is 20.2. The maximum atomic E-state index is 13.4. The van der Waals surface area contributed by atoms with E-state index < -0.39 is 53.8 Å². The van der Waals surface area contributed by atoms with E-state index in [9.17, 15) is 29.1 Å². The van der Waals surface area contributed by atoms with E-state index in [0.29, 0.717) is 12.8 Å². The van der Waals surface area contributed by atoms with Crippen molar-refractivity contribution in [1.29, 1.82) is 0 Å². The number of aliphatic carboxylic acids is 1. The average Bonchev–Trinajstić information content (AvgIpc) is 3.52. The predicted octanol–water partition coefficient (Wildman–Crippen LogP) is -0.722. The van der Waals surface area contributed by atoms with Gasteiger partial charge in [0.1, 0.15) is 18.1 Å². The van der Waals surface area contributed by atoms with E-state index in [1.807, 2.05) is 24.3 Å². The quantitative estimate of drug-likeness (QED) is 0.175. The number of carboxylic acids is 1. The number of H-pyrrole nitrogens is 1. The number of aromatic nitrogens is 1. The van der Waals surface area contributed by atoms with E-state index in [0.717, 1.165) is 16.5 Å². The topological polar surface area (TPSA) is 201 Å². The van der Waals surface area contributed by atoms with Crippen molar-refractivity contribution in [3.63, 3.8) is 0 Å². The monoisotopic (exact) mass is 532 g/mol. The number of rotatable bonds is 12. The molecule has 4 amide bonds. The van der Waals surface area contributed by atoms with Crippen LogP contribution in [0, 0.1) is 0 Å². The molecule has 0 bridgehead atoms. The lowest BCUT2D eigenvalue weighted by Gasteiger charge is -2.28. The highest BCUT2D eigenvalue weighted by atomic mass is 32.1. The van der Waals surface area contributed by atoms with E-state index in [1.165, 1.54) is 4.90 Å². The Morgan fingerprint density at radius 2 is 1.84 bits per heavy atom. The molecule has 4 unspecified atom stereocenters. The normalized spacial score (nSPS) is 17.7. The molecule has 8 N–H and O–H groups in total. The largest absolute Gasteiger partial charge is 0.480 e. The van der Waals surface area contributed by atoms with Gasteiger partial charge in [-0.25, -0.2) is 4.79 Å². The first-order chi connectivity index (χ1) is 17.6. The molecule has 1 saturated heterocycles.